The van der Waals surface area contributed by atoms with Gasteiger partial charge in [0.25, 0.3) is 0 Å². The zero-order valence-electron chi connectivity index (χ0n) is 48.5. The lowest BCUT2D eigenvalue weighted by Gasteiger charge is -2.49. The summed E-state index contributed by atoms with van der Waals surface area (Å²) >= 11 is 0. The number of carbonyl (C=O) groups is 4. The van der Waals surface area contributed by atoms with Crippen LogP contribution in [0.25, 0.3) is 0 Å². The van der Waals surface area contributed by atoms with Crippen molar-refractivity contribution in [1.82, 2.24) is 4.90 Å². The summed E-state index contributed by atoms with van der Waals surface area (Å²) in [6.45, 7) is 19.9. The average Bonchev–Trinajstić information content (AvgIpc) is 3.33. The summed E-state index contributed by atoms with van der Waals surface area (Å²) in [7, 11) is 5.18. The van der Waals surface area contributed by atoms with Gasteiger partial charge >= 0.3 is 17.9 Å². The molecule has 0 saturated carbocycles. The lowest BCUT2D eigenvalue weighted by atomic mass is 9.74. The van der Waals surface area contributed by atoms with Crippen LogP contribution >= 0.6 is 0 Å². The molecule has 0 aromatic heterocycles. The number of ether oxygens (including phenoxy) is 7. The first-order chi connectivity index (χ1) is 34.6. The predicted octanol–water partition coefficient (Wildman–Crippen LogP) is 8.12. The van der Waals surface area contributed by atoms with Crippen molar-refractivity contribution in [3.63, 3.8) is 0 Å². The van der Waals surface area contributed by atoms with Crippen molar-refractivity contribution < 1.29 is 77.9 Å². The Morgan fingerprint density at radius 2 is 1.26 bits per heavy atom. The van der Waals surface area contributed by atoms with Crippen LogP contribution in [0, 0.1) is 23.7 Å². The number of methoxy groups -OCH3 is 1. The molecule has 5 N–H and O–H groups in total. The number of cyclic esters (lactones) is 1. The molecule has 3 rings (SSSR count). The van der Waals surface area contributed by atoms with Crippen molar-refractivity contribution in [3.8, 4) is 0 Å². The van der Waals surface area contributed by atoms with Crippen molar-refractivity contribution in [2.45, 2.75) is 296 Å². The first-order valence-corrected chi connectivity index (χ1v) is 28.4. The molecule has 17 heteroatoms. The standard InChI is InChI=1S/C37H67NO13.C20H38O3/c1-14-25-37(10,45)30(41)20(4)27(39)18(2)16-35(8,44)32(51-34-28(40)24(38(11)12)15-19(3)47-34)21(5)29(22(6)33(43)49-25)50-26-17-36(9,46-13)31(42)23(7)48-26;1-3-4-5-6-7-8-9-10-11-12-13-14-15-16-17-18-20(22)23-19(2)21/h18-26,28-32,34,40-42,44-45H,14-17H2,1-13H3;3-18H2,1-2H3/t18-,19-,20+,21+,22-,23+,24+,25-,26+,28-,29+,30-,31+,32-,34+,35-,36-,37-;/m1./s1. The van der Waals surface area contributed by atoms with Gasteiger partial charge in [-0.2, -0.15) is 0 Å². The van der Waals surface area contributed by atoms with E-state index in [1.807, 2.05) is 25.9 Å². The van der Waals surface area contributed by atoms with Gasteiger partial charge in [0, 0.05) is 50.7 Å². The van der Waals surface area contributed by atoms with Crippen molar-refractivity contribution in [2.75, 3.05) is 21.2 Å². The fourth-order valence-corrected chi connectivity index (χ4v) is 11.3. The Bertz CT molecular complexity index is 1640. The van der Waals surface area contributed by atoms with Gasteiger partial charge in [0.1, 0.15) is 29.7 Å². The molecule has 0 aromatic carbocycles. The first kappa shape index (κ1) is 67.9. The lowest BCUT2D eigenvalue weighted by Crippen LogP contribution is -2.61. The number of likely N-dealkylation sites (N-methyl/N-ethyl adjacent to an activating group) is 1. The molecule has 3 fully saturated rings. The van der Waals surface area contributed by atoms with Gasteiger partial charge in [0.15, 0.2) is 12.6 Å². The number of ketones is 1. The van der Waals surface area contributed by atoms with Gasteiger partial charge in [0.2, 0.25) is 0 Å². The van der Waals surface area contributed by atoms with Gasteiger partial charge in [-0.25, -0.2) is 0 Å². The third-order valence-corrected chi connectivity index (χ3v) is 16.1. The molecule has 3 aliphatic rings. The Balaban J connectivity index is 0.000000684. The number of hydrogen-bond donors (Lipinski definition) is 5. The average molecular weight is 1060 g/mol. The third kappa shape index (κ3) is 20.9. The molecule has 0 radical (unpaired) electrons. The number of aliphatic hydroxyl groups excluding tert-OH is 3. The fraction of sp³-hybridized carbons (Fsp3) is 0.930. The molecular formula is C57H105NO16. The molecule has 18 atom stereocenters. The summed E-state index contributed by atoms with van der Waals surface area (Å²) in [5.74, 6) is -5.86. The summed E-state index contributed by atoms with van der Waals surface area (Å²) in [5.41, 5.74) is -4.84. The molecule has 3 heterocycles. The number of hydrogen-bond acceptors (Lipinski definition) is 17. The van der Waals surface area contributed by atoms with E-state index >= 15 is 0 Å². The van der Waals surface area contributed by atoms with Gasteiger partial charge < -0.3 is 63.6 Å². The van der Waals surface area contributed by atoms with Gasteiger partial charge in [-0.1, -0.05) is 125 Å². The van der Waals surface area contributed by atoms with Crippen LogP contribution < -0.4 is 0 Å². The highest BCUT2D eigenvalue weighted by Gasteiger charge is 2.53. The Morgan fingerprint density at radius 1 is 0.730 bits per heavy atom. The molecule has 74 heavy (non-hydrogen) atoms. The minimum atomic E-state index is -1.99. The number of carbonyl (C=O) groups excluding carboxylic acids is 4. The van der Waals surface area contributed by atoms with Gasteiger partial charge in [-0.3, -0.25) is 19.2 Å². The summed E-state index contributed by atoms with van der Waals surface area (Å²) in [5, 5.41) is 57.6. The maximum atomic E-state index is 14.1. The van der Waals surface area contributed by atoms with E-state index in [4.69, 9.17) is 28.4 Å². The topological polar surface area (TPSA) is 237 Å². The normalized spacial score (nSPS) is 37.6. The lowest BCUT2D eigenvalue weighted by molar-refractivity contribution is -0.318. The number of aliphatic hydroxyl groups is 5. The largest absolute Gasteiger partial charge is 0.459 e. The number of Topliss-reactive ketones (excluding diaryl/α,β-unsaturated/α-hetero) is 1. The molecule has 0 aromatic rings. The van der Waals surface area contributed by atoms with E-state index in [0.717, 1.165) is 12.8 Å². The Hall–Kier alpha value is -2.16. The van der Waals surface area contributed by atoms with Crippen molar-refractivity contribution in [2.24, 2.45) is 23.7 Å². The van der Waals surface area contributed by atoms with E-state index in [0.29, 0.717) is 12.8 Å². The van der Waals surface area contributed by atoms with Crippen LogP contribution in [0.5, 0.6) is 0 Å². The molecule has 0 bridgehead atoms. The zero-order valence-corrected chi connectivity index (χ0v) is 48.5. The molecule has 434 valence electrons. The zero-order chi connectivity index (χ0) is 56.1. The monoisotopic (exact) mass is 1060 g/mol. The van der Waals surface area contributed by atoms with Crippen LogP contribution in [0.15, 0.2) is 0 Å². The summed E-state index contributed by atoms with van der Waals surface area (Å²) in [6, 6.07) is -0.324. The minimum Gasteiger partial charge on any atom is -0.459 e. The molecule has 3 aliphatic heterocycles. The quantitative estimate of drug-likeness (QED) is 0.0369. The van der Waals surface area contributed by atoms with Crippen molar-refractivity contribution in [3.05, 3.63) is 0 Å². The third-order valence-electron chi connectivity index (χ3n) is 16.1. The first-order valence-electron chi connectivity index (χ1n) is 28.4. The maximum Gasteiger partial charge on any atom is 0.313 e. The second-order valence-corrected chi connectivity index (χ2v) is 23.1. The predicted molar refractivity (Wildman–Crippen MR) is 283 cm³/mol. The summed E-state index contributed by atoms with van der Waals surface area (Å²) < 4.78 is 41.5. The van der Waals surface area contributed by atoms with Crippen LogP contribution in [0.4, 0.5) is 0 Å². The van der Waals surface area contributed by atoms with Crippen LogP contribution in [0.2, 0.25) is 0 Å². The minimum absolute atomic E-state index is 0.0936. The number of rotatable bonds is 23. The second-order valence-electron chi connectivity index (χ2n) is 23.1. The Labute approximate surface area is 445 Å². The number of unbranched alkanes of at least 4 members (excludes halogenated alkanes) is 14. The van der Waals surface area contributed by atoms with Crippen LogP contribution in [-0.2, 0) is 52.3 Å². The Kier molecular flexibility index (Phi) is 30.0. The van der Waals surface area contributed by atoms with Crippen LogP contribution in [-0.4, -0.2) is 160 Å². The van der Waals surface area contributed by atoms with E-state index in [9.17, 15) is 44.7 Å². The van der Waals surface area contributed by atoms with Crippen molar-refractivity contribution >= 4 is 23.7 Å². The van der Waals surface area contributed by atoms with E-state index < -0.39 is 114 Å². The van der Waals surface area contributed by atoms with E-state index in [-0.39, 0.29) is 37.4 Å². The fourth-order valence-electron chi connectivity index (χ4n) is 11.3. The smallest absolute Gasteiger partial charge is 0.313 e. The van der Waals surface area contributed by atoms with Crippen LogP contribution in [0.1, 0.15) is 212 Å². The number of esters is 3. The van der Waals surface area contributed by atoms with E-state index in [1.54, 1.807) is 41.5 Å². The molecule has 0 aliphatic carbocycles. The van der Waals surface area contributed by atoms with Crippen LogP contribution in [0.3, 0.4) is 0 Å². The van der Waals surface area contributed by atoms with E-state index in [2.05, 4.69) is 11.7 Å². The summed E-state index contributed by atoms with van der Waals surface area (Å²) in [6.07, 6.45) is 10.3. The SMILES string of the molecule is CCCCCCCCCCCCCCCCCC(=O)OC(C)=O.CC[C@H]1OC(=O)[C@H](C)[C@@H](O[C@H]2C[C@@](C)(OC)[C@@H](O)[C@H](C)O2)[C@H](C)[C@@H](O[C@@H]2O[C@H](C)C[C@H](N(C)C)[C@H]2O)[C@](C)(O)C[C@@H](C)C(=O)[C@H](C)[C@@H](O)[C@]1(C)O. The van der Waals surface area contributed by atoms with E-state index in [1.165, 1.54) is 118 Å². The molecular weight excluding hydrogens is 955 g/mol. The molecule has 0 unspecified atom stereocenters. The molecule has 0 spiro atoms. The second kappa shape index (κ2) is 32.7. The Morgan fingerprint density at radius 3 is 1.74 bits per heavy atom. The van der Waals surface area contributed by atoms with Gasteiger partial charge in [0.05, 0.1) is 47.6 Å². The van der Waals surface area contributed by atoms with Crippen molar-refractivity contribution in [1.29, 1.82) is 0 Å². The molecule has 3 saturated heterocycles. The number of nitrogens with zero attached hydrogens (tertiary/aromatic N) is 1. The van der Waals surface area contributed by atoms with Gasteiger partial charge in [-0.15, -0.1) is 0 Å². The highest BCUT2D eigenvalue weighted by Crippen LogP contribution is 2.41. The van der Waals surface area contributed by atoms with Gasteiger partial charge in [-0.05, 0) is 81.3 Å². The summed E-state index contributed by atoms with van der Waals surface area (Å²) in [4.78, 5) is 51.5. The maximum absolute atomic E-state index is 14.1. The molecule has 0 amide bonds. The highest BCUT2D eigenvalue weighted by atomic mass is 16.7. The molecule has 17 nitrogen and oxygen atoms in total. The highest BCUT2D eigenvalue weighted by molar-refractivity contribution is 5.84.